The fraction of sp³-hybridized carbons (Fsp3) is 0.778. The molecule has 1 N–H and O–H groups in total. The van der Waals surface area contributed by atoms with E-state index in [0.717, 1.165) is 82.7 Å². The standard InChI is InChI=1S/C18H31N5O3/c1-15-12-16(21-26-15)13-22-6-8-23(9-7-22)17(19-2)20-14-18(24-3)4-10-25-11-5-18/h12H,4-11,13-14H2,1-3H3,(H,19,20). The molecule has 0 radical (unpaired) electrons. The summed E-state index contributed by atoms with van der Waals surface area (Å²) in [7, 11) is 3.64. The Morgan fingerprint density at radius 1 is 1.31 bits per heavy atom. The van der Waals surface area contributed by atoms with Crippen LogP contribution >= 0.6 is 0 Å². The average molecular weight is 365 g/mol. The lowest BCUT2D eigenvalue weighted by Crippen LogP contribution is -2.55. The Balaban J connectivity index is 1.47. The van der Waals surface area contributed by atoms with Gasteiger partial charge < -0.3 is 24.2 Å². The highest BCUT2D eigenvalue weighted by molar-refractivity contribution is 5.80. The van der Waals surface area contributed by atoms with Crippen molar-refractivity contribution in [2.24, 2.45) is 4.99 Å². The average Bonchev–Trinajstić information content (AvgIpc) is 3.09. The summed E-state index contributed by atoms with van der Waals surface area (Å²) in [6.45, 7) is 8.89. The highest BCUT2D eigenvalue weighted by Crippen LogP contribution is 2.23. The van der Waals surface area contributed by atoms with E-state index in [0.29, 0.717) is 0 Å². The van der Waals surface area contributed by atoms with Crippen molar-refractivity contribution >= 4 is 5.96 Å². The highest BCUT2D eigenvalue weighted by Gasteiger charge is 2.33. The molecule has 2 aliphatic rings. The topological polar surface area (TPSA) is 75.4 Å². The van der Waals surface area contributed by atoms with E-state index in [1.807, 2.05) is 20.0 Å². The Morgan fingerprint density at radius 2 is 2.04 bits per heavy atom. The van der Waals surface area contributed by atoms with Crippen LogP contribution in [-0.2, 0) is 16.0 Å². The van der Waals surface area contributed by atoms with Gasteiger partial charge in [-0.15, -0.1) is 0 Å². The minimum Gasteiger partial charge on any atom is -0.381 e. The molecule has 0 atom stereocenters. The molecule has 1 aromatic heterocycles. The van der Waals surface area contributed by atoms with Crippen LogP contribution in [0.2, 0.25) is 0 Å². The van der Waals surface area contributed by atoms with Crippen molar-refractivity contribution in [3.63, 3.8) is 0 Å². The van der Waals surface area contributed by atoms with Crippen molar-refractivity contribution in [2.45, 2.75) is 31.9 Å². The Labute approximate surface area is 155 Å². The summed E-state index contributed by atoms with van der Waals surface area (Å²) in [5.74, 6) is 1.81. The van der Waals surface area contributed by atoms with Crippen LogP contribution in [0.15, 0.2) is 15.6 Å². The maximum atomic E-state index is 5.81. The maximum Gasteiger partial charge on any atom is 0.193 e. The molecule has 2 fully saturated rings. The van der Waals surface area contributed by atoms with Gasteiger partial charge in [0, 0.05) is 85.5 Å². The third-order valence-corrected chi connectivity index (χ3v) is 5.35. The number of aryl methyl sites for hydroxylation is 1. The first-order valence-electron chi connectivity index (χ1n) is 9.37. The summed E-state index contributed by atoms with van der Waals surface area (Å²) in [5.41, 5.74) is 0.848. The Kier molecular flexibility index (Phi) is 6.50. The van der Waals surface area contributed by atoms with Gasteiger partial charge in [0.2, 0.25) is 0 Å². The fourth-order valence-corrected chi connectivity index (χ4v) is 3.61. The van der Waals surface area contributed by atoms with E-state index < -0.39 is 0 Å². The Bertz CT molecular complexity index is 589. The van der Waals surface area contributed by atoms with E-state index in [4.69, 9.17) is 14.0 Å². The van der Waals surface area contributed by atoms with Crippen LogP contribution < -0.4 is 5.32 Å². The van der Waals surface area contributed by atoms with E-state index in [1.54, 1.807) is 7.11 Å². The summed E-state index contributed by atoms with van der Waals surface area (Å²) in [5, 5.41) is 7.61. The molecule has 8 nitrogen and oxygen atoms in total. The molecule has 2 aliphatic heterocycles. The molecule has 1 aromatic rings. The lowest BCUT2D eigenvalue weighted by molar-refractivity contribution is -0.0858. The Hall–Kier alpha value is -1.64. The normalized spacial score (nSPS) is 21.8. The van der Waals surface area contributed by atoms with Gasteiger partial charge in [0.1, 0.15) is 5.76 Å². The smallest absolute Gasteiger partial charge is 0.193 e. The first-order valence-corrected chi connectivity index (χ1v) is 9.37. The summed E-state index contributed by atoms with van der Waals surface area (Å²) in [6, 6.07) is 2.00. The first kappa shape index (κ1) is 19.1. The van der Waals surface area contributed by atoms with Crippen LogP contribution in [-0.4, -0.2) is 86.6 Å². The lowest BCUT2D eigenvalue weighted by Gasteiger charge is -2.39. The van der Waals surface area contributed by atoms with Crippen LogP contribution in [0.25, 0.3) is 0 Å². The molecule has 0 spiro atoms. The molecule has 0 aromatic carbocycles. The highest BCUT2D eigenvalue weighted by atomic mass is 16.5. The van der Waals surface area contributed by atoms with Crippen molar-refractivity contribution in [1.82, 2.24) is 20.3 Å². The summed E-state index contributed by atoms with van der Waals surface area (Å²) in [6.07, 6.45) is 1.83. The molecule has 8 heteroatoms. The predicted octanol–water partition coefficient (Wildman–Crippen LogP) is 0.872. The van der Waals surface area contributed by atoms with Crippen LogP contribution in [0.1, 0.15) is 24.3 Å². The second-order valence-electron chi connectivity index (χ2n) is 7.09. The molecule has 146 valence electrons. The number of hydrogen-bond donors (Lipinski definition) is 1. The number of piperazine rings is 1. The number of ether oxygens (including phenoxy) is 2. The summed E-state index contributed by atoms with van der Waals surface area (Å²) < 4.78 is 16.4. The van der Waals surface area contributed by atoms with E-state index in [9.17, 15) is 0 Å². The van der Waals surface area contributed by atoms with Gasteiger partial charge in [-0.3, -0.25) is 9.89 Å². The molecular weight excluding hydrogens is 334 g/mol. The Morgan fingerprint density at radius 3 is 2.62 bits per heavy atom. The van der Waals surface area contributed by atoms with Gasteiger partial charge >= 0.3 is 0 Å². The third kappa shape index (κ3) is 4.75. The molecule has 26 heavy (non-hydrogen) atoms. The number of hydrogen-bond acceptors (Lipinski definition) is 6. The third-order valence-electron chi connectivity index (χ3n) is 5.35. The molecule has 2 saturated heterocycles. The first-order chi connectivity index (χ1) is 12.6. The van der Waals surface area contributed by atoms with Gasteiger partial charge in [0.25, 0.3) is 0 Å². The predicted molar refractivity (Wildman–Crippen MR) is 99.2 cm³/mol. The zero-order valence-electron chi connectivity index (χ0n) is 16.2. The van der Waals surface area contributed by atoms with Crippen LogP contribution in [0, 0.1) is 6.92 Å². The molecule has 0 bridgehead atoms. The minimum atomic E-state index is -0.152. The lowest BCUT2D eigenvalue weighted by atomic mass is 9.94. The monoisotopic (exact) mass is 365 g/mol. The number of aliphatic imine (C=N–C) groups is 1. The van der Waals surface area contributed by atoms with Gasteiger partial charge in [0.15, 0.2) is 5.96 Å². The van der Waals surface area contributed by atoms with Crippen molar-refractivity contribution in [3.8, 4) is 0 Å². The van der Waals surface area contributed by atoms with Crippen LogP contribution in [0.5, 0.6) is 0 Å². The van der Waals surface area contributed by atoms with Gasteiger partial charge in [-0.25, -0.2) is 0 Å². The molecule has 0 saturated carbocycles. The summed E-state index contributed by atoms with van der Waals surface area (Å²) >= 11 is 0. The SMILES string of the molecule is CN=C(NCC1(OC)CCOCC1)N1CCN(Cc2cc(C)on2)CC1. The van der Waals surface area contributed by atoms with E-state index >= 15 is 0 Å². The molecule has 0 amide bonds. The number of guanidine groups is 1. The maximum absolute atomic E-state index is 5.81. The van der Waals surface area contributed by atoms with Gasteiger partial charge in [-0.2, -0.15) is 0 Å². The number of aromatic nitrogens is 1. The largest absolute Gasteiger partial charge is 0.381 e. The van der Waals surface area contributed by atoms with Crippen LogP contribution in [0.4, 0.5) is 0 Å². The number of nitrogens with one attached hydrogen (secondary N) is 1. The number of rotatable bonds is 5. The molecule has 0 unspecified atom stereocenters. The molecular formula is C18H31N5O3. The van der Waals surface area contributed by atoms with Gasteiger partial charge in [-0.1, -0.05) is 5.16 Å². The second-order valence-corrected chi connectivity index (χ2v) is 7.09. The minimum absolute atomic E-state index is 0.152. The summed E-state index contributed by atoms with van der Waals surface area (Å²) in [4.78, 5) is 9.18. The van der Waals surface area contributed by atoms with Gasteiger partial charge in [-0.05, 0) is 6.92 Å². The zero-order valence-corrected chi connectivity index (χ0v) is 16.2. The van der Waals surface area contributed by atoms with Gasteiger partial charge in [0.05, 0.1) is 11.3 Å². The van der Waals surface area contributed by atoms with E-state index in [2.05, 4.69) is 25.3 Å². The van der Waals surface area contributed by atoms with E-state index in [1.165, 1.54) is 0 Å². The number of nitrogens with zero attached hydrogens (tertiary/aromatic N) is 4. The molecule has 3 rings (SSSR count). The second kappa shape index (κ2) is 8.83. The van der Waals surface area contributed by atoms with Crippen LogP contribution in [0.3, 0.4) is 0 Å². The zero-order chi connectivity index (χ0) is 18.4. The van der Waals surface area contributed by atoms with Crippen molar-refractivity contribution < 1.29 is 14.0 Å². The van der Waals surface area contributed by atoms with E-state index in [-0.39, 0.29) is 5.60 Å². The fourth-order valence-electron chi connectivity index (χ4n) is 3.61. The molecule has 0 aliphatic carbocycles. The molecule has 3 heterocycles. The number of methoxy groups -OCH3 is 1. The van der Waals surface area contributed by atoms with Crippen molar-refractivity contribution in [1.29, 1.82) is 0 Å². The van der Waals surface area contributed by atoms with Crippen molar-refractivity contribution in [3.05, 3.63) is 17.5 Å². The van der Waals surface area contributed by atoms with Crippen molar-refractivity contribution in [2.75, 3.05) is 60.1 Å². The quantitative estimate of drug-likeness (QED) is 0.613.